The lowest BCUT2D eigenvalue weighted by Gasteiger charge is -1.96. The van der Waals surface area contributed by atoms with Crippen LogP contribution < -0.4 is 5.32 Å². The first kappa shape index (κ1) is 13.1. The molecule has 0 amide bonds. The zero-order valence-corrected chi connectivity index (χ0v) is 11.4. The third-order valence-corrected chi connectivity index (χ3v) is 2.92. The van der Waals surface area contributed by atoms with E-state index in [0.29, 0.717) is 11.6 Å². The molecule has 0 fully saturated rings. The minimum Gasteiger partial charge on any atom is -0.359 e. The molecule has 0 bridgehead atoms. The molecule has 98 valence electrons. The number of hydrogen-bond acceptors (Lipinski definition) is 4. The van der Waals surface area contributed by atoms with Gasteiger partial charge in [-0.1, -0.05) is 23.7 Å². The van der Waals surface area contributed by atoms with Crippen LogP contribution in [-0.2, 0) is 13.1 Å². The van der Waals surface area contributed by atoms with E-state index in [1.165, 1.54) is 0 Å². The van der Waals surface area contributed by atoms with Crippen LogP contribution >= 0.6 is 11.6 Å². The Balaban J connectivity index is 1.93. The predicted molar refractivity (Wildman–Crippen MR) is 69.6 cm³/mol. The van der Waals surface area contributed by atoms with Gasteiger partial charge in [-0.3, -0.25) is 4.68 Å². The van der Waals surface area contributed by atoms with Crippen molar-refractivity contribution in [3.63, 3.8) is 0 Å². The Morgan fingerprint density at radius 3 is 3.00 bits per heavy atom. The lowest BCUT2D eigenvalue weighted by atomic mass is 10.3. The molecule has 0 aliphatic heterocycles. The van der Waals surface area contributed by atoms with Gasteiger partial charge in [-0.2, -0.15) is 5.10 Å². The number of nitrogens with zero attached hydrogens (tertiary/aromatic N) is 3. The number of hydrogen-bond donors (Lipinski definition) is 1. The Kier molecular flexibility index (Phi) is 4.38. The van der Waals surface area contributed by atoms with Crippen LogP contribution in [0.3, 0.4) is 0 Å². The molecule has 0 aliphatic rings. The first-order chi connectivity index (χ1) is 8.69. The highest BCUT2D eigenvalue weighted by molar-refractivity contribution is 6.31. The summed E-state index contributed by atoms with van der Waals surface area (Å²) in [6.45, 7) is 6.27. The minimum absolute atomic E-state index is 0.550. The van der Waals surface area contributed by atoms with Crippen molar-refractivity contribution in [3.05, 3.63) is 34.4 Å². The van der Waals surface area contributed by atoms with Crippen molar-refractivity contribution < 1.29 is 4.52 Å². The van der Waals surface area contributed by atoms with Gasteiger partial charge < -0.3 is 9.84 Å². The molecule has 2 aromatic rings. The van der Waals surface area contributed by atoms with E-state index in [9.17, 15) is 0 Å². The van der Waals surface area contributed by atoms with E-state index in [2.05, 4.69) is 22.5 Å². The Hall–Kier alpha value is -1.33. The van der Waals surface area contributed by atoms with E-state index in [4.69, 9.17) is 16.1 Å². The average molecular weight is 269 g/mol. The summed E-state index contributed by atoms with van der Waals surface area (Å²) < 4.78 is 7.01. The summed E-state index contributed by atoms with van der Waals surface area (Å²) in [5.74, 6) is 0.780. The first-order valence-electron chi connectivity index (χ1n) is 6.03. The zero-order valence-electron chi connectivity index (χ0n) is 10.6. The molecule has 0 aromatic carbocycles. The second kappa shape index (κ2) is 6.02. The normalized spacial score (nSPS) is 11.1. The summed E-state index contributed by atoms with van der Waals surface area (Å²) in [6.07, 6.45) is 2.89. The molecule has 0 atom stereocenters. The molecule has 0 aliphatic carbocycles. The molecule has 2 aromatic heterocycles. The van der Waals surface area contributed by atoms with E-state index in [0.717, 1.165) is 36.7 Å². The molecule has 0 radical (unpaired) electrons. The van der Waals surface area contributed by atoms with E-state index in [-0.39, 0.29) is 0 Å². The van der Waals surface area contributed by atoms with Crippen molar-refractivity contribution in [1.82, 2.24) is 20.3 Å². The molecular weight excluding hydrogens is 252 g/mol. The molecule has 5 nitrogen and oxygen atoms in total. The number of rotatable bonds is 6. The Morgan fingerprint density at radius 1 is 1.50 bits per heavy atom. The largest absolute Gasteiger partial charge is 0.359 e. The monoisotopic (exact) mass is 268 g/mol. The third kappa shape index (κ3) is 3.34. The van der Waals surface area contributed by atoms with Crippen LogP contribution in [0.4, 0.5) is 0 Å². The Labute approximate surface area is 111 Å². The number of aryl methyl sites for hydroxylation is 1. The summed E-state index contributed by atoms with van der Waals surface area (Å²) in [6, 6.07) is 1.94. The maximum Gasteiger partial charge on any atom is 0.158 e. The van der Waals surface area contributed by atoms with Gasteiger partial charge in [0, 0.05) is 18.8 Å². The smallest absolute Gasteiger partial charge is 0.158 e. The number of nitrogens with one attached hydrogen (secondary N) is 1. The van der Waals surface area contributed by atoms with Gasteiger partial charge in [0.2, 0.25) is 0 Å². The third-order valence-electron chi connectivity index (χ3n) is 2.54. The van der Waals surface area contributed by atoms with E-state index in [1.54, 1.807) is 10.9 Å². The van der Waals surface area contributed by atoms with E-state index in [1.807, 2.05) is 13.0 Å². The molecule has 0 spiro atoms. The Bertz CT molecular complexity index is 486. The highest BCUT2D eigenvalue weighted by Crippen LogP contribution is 2.13. The topological polar surface area (TPSA) is 55.9 Å². The highest BCUT2D eigenvalue weighted by Gasteiger charge is 2.07. The zero-order chi connectivity index (χ0) is 13.0. The van der Waals surface area contributed by atoms with Gasteiger partial charge in [0.1, 0.15) is 6.54 Å². The standard InChI is InChI=1S/C12H17ClN4O/c1-3-4-14-6-10-5-11(18-16-10)7-17-8-12(13)9(2)15-17/h5,8,14H,3-4,6-7H2,1-2H3. The molecule has 18 heavy (non-hydrogen) atoms. The second-order valence-electron chi connectivity index (χ2n) is 4.22. The maximum atomic E-state index is 5.95. The minimum atomic E-state index is 0.550. The Morgan fingerprint density at radius 2 is 2.33 bits per heavy atom. The summed E-state index contributed by atoms with van der Waals surface area (Å²) in [5.41, 5.74) is 1.73. The summed E-state index contributed by atoms with van der Waals surface area (Å²) in [7, 11) is 0. The van der Waals surface area contributed by atoms with Crippen LogP contribution in [0.1, 0.15) is 30.5 Å². The SMILES string of the molecule is CCCNCc1cc(Cn2cc(Cl)c(C)n2)on1. The molecular formula is C12H17ClN4O. The predicted octanol–water partition coefficient (Wildman–Crippen LogP) is 2.38. The number of aromatic nitrogens is 3. The average Bonchev–Trinajstić information content (AvgIpc) is 2.88. The lowest BCUT2D eigenvalue weighted by molar-refractivity contribution is 0.364. The van der Waals surface area contributed by atoms with E-state index >= 15 is 0 Å². The maximum absolute atomic E-state index is 5.95. The van der Waals surface area contributed by atoms with Crippen LogP contribution in [0.25, 0.3) is 0 Å². The van der Waals surface area contributed by atoms with Gasteiger partial charge >= 0.3 is 0 Å². The molecule has 2 rings (SSSR count). The highest BCUT2D eigenvalue weighted by atomic mass is 35.5. The quantitative estimate of drug-likeness (QED) is 0.818. The van der Waals surface area contributed by atoms with Gasteiger partial charge in [0.25, 0.3) is 0 Å². The lowest BCUT2D eigenvalue weighted by Crippen LogP contribution is -2.13. The van der Waals surface area contributed by atoms with Crippen LogP contribution in [0.15, 0.2) is 16.8 Å². The van der Waals surface area contributed by atoms with Gasteiger partial charge in [0.05, 0.1) is 16.4 Å². The van der Waals surface area contributed by atoms with Crippen molar-refractivity contribution in [3.8, 4) is 0 Å². The van der Waals surface area contributed by atoms with Crippen molar-refractivity contribution in [2.75, 3.05) is 6.54 Å². The van der Waals surface area contributed by atoms with Crippen molar-refractivity contribution in [2.24, 2.45) is 0 Å². The molecule has 1 N–H and O–H groups in total. The summed E-state index contributed by atoms with van der Waals surface area (Å²) in [4.78, 5) is 0. The van der Waals surface area contributed by atoms with Gasteiger partial charge in [-0.05, 0) is 19.9 Å². The van der Waals surface area contributed by atoms with Gasteiger partial charge in [-0.25, -0.2) is 0 Å². The fourth-order valence-corrected chi connectivity index (χ4v) is 1.79. The molecule has 2 heterocycles. The van der Waals surface area contributed by atoms with Crippen LogP contribution in [0.5, 0.6) is 0 Å². The van der Waals surface area contributed by atoms with Crippen molar-refractivity contribution >= 4 is 11.6 Å². The fourth-order valence-electron chi connectivity index (χ4n) is 1.64. The van der Waals surface area contributed by atoms with Crippen LogP contribution in [-0.4, -0.2) is 21.5 Å². The van der Waals surface area contributed by atoms with E-state index < -0.39 is 0 Å². The molecule has 0 saturated heterocycles. The molecule has 0 saturated carbocycles. The number of halogens is 1. The van der Waals surface area contributed by atoms with Gasteiger partial charge in [0.15, 0.2) is 5.76 Å². The van der Waals surface area contributed by atoms with Crippen LogP contribution in [0, 0.1) is 6.92 Å². The van der Waals surface area contributed by atoms with Crippen molar-refractivity contribution in [2.45, 2.75) is 33.4 Å². The summed E-state index contributed by atoms with van der Waals surface area (Å²) >= 11 is 5.95. The van der Waals surface area contributed by atoms with Crippen LogP contribution in [0.2, 0.25) is 5.02 Å². The summed E-state index contributed by atoms with van der Waals surface area (Å²) in [5, 5.41) is 12.2. The molecule has 0 unspecified atom stereocenters. The second-order valence-corrected chi connectivity index (χ2v) is 4.63. The van der Waals surface area contributed by atoms with Crippen molar-refractivity contribution in [1.29, 1.82) is 0 Å². The first-order valence-corrected chi connectivity index (χ1v) is 6.41. The fraction of sp³-hybridized carbons (Fsp3) is 0.500. The molecule has 6 heteroatoms. The van der Waals surface area contributed by atoms with Gasteiger partial charge in [-0.15, -0.1) is 0 Å².